The molecule has 0 aliphatic heterocycles. The van der Waals surface area contributed by atoms with E-state index in [2.05, 4.69) is 10.2 Å². The number of hydrogen-bond donors (Lipinski definition) is 2. The molecule has 114 valence electrons. The van der Waals surface area contributed by atoms with Gasteiger partial charge in [0.05, 0.1) is 0 Å². The van der Waals surface area contributed by atoms with Crippen molar-refractivity contribution < 1.29 is 31.2 Å². The minimum atomic E-state index is -4.66. The predicted octanol–water partition coefficient (Wildman–Crippen LogP) is 0.157. The molecule has 0 atom stereocenters. The molecule has 1 amide bonds. The van der Waals surface area contributed by atoms with E-state index in [0.29, 0.717) is 0 Å². The highest BCUT2D eigenvalue weighted by Crippen LogP contribution is 2.16. The SMILES string of the molecule is CNC(=O)c1cc(S(=O)(=O)NOCC(F)(F)F)cn1C. The molecule has 1 aromatic rings. The zero-order chi connectivity index (χ0) is 15.6. The monoisotopic (exact) mass is 315 g/mol. The molecule has 0 unspecified atom stereocenters. The number of sulfonamides is 1. The molecule has 0 spiro atoms. The molecule has 0 bridgehead atoms. The Morgan fingerprint density at radius 3 is 2.55 bits per heavy atom. The first-order chi connectivity index (χ1) is 9.07. The lowest BCUT2D eigenvalue weighted by molar-refractivity contribution is -0.181. The van der Waals surface area contributed by atoms with Crippen LogP contribution in [0.1, 0.15) is 10.5 Å². The van der Waals surface area contributed by atoms with Crippen LogP contribution in [0.2, 0.25) is 0 Å². The van der Waals surface area contributed by atoms with Gasteiger partial charge in [-0.25, -0.2) is 8.42 Å². The second kappa shape index (κ2) is 5.81. The molecule has 2 N–H and O–H groups in total. The highest BCUT2D eigenvalue weighted by atomic mass is 32.2. The molecule has 1 heterocycles. The van der Waals surface area contributed by atoms with Gasteiger partial charge in [-0.15, -0.1) is 0 Å². The summed E-state index contributed by atoms with van der Waals surface area (Å²) in [5.41, 5.74) is 0.0312. The van der Waals surface area contributed by atoms with E-state index in [-0.39, 0.29) is 10.6 Å². The van der Waals surface area contributed by atoms with Crippen LogP contribution in [0.3, 0.4) is 0 Å². The van der Waals surface area contributed by atoms with Crippen LogP contribution < -0.4 is 10.2 Å². The first-order valence-electron chi connectivity index (χ1n) is 5.15. The van der Waals surface area contributed by atoms with Crippen molar-refractivity contribution in [3.05, 3.63) is 18.0 Å². The normalized spacial score (nSPS) is 12.4. The van der Waals surface area contributed by atoms with Crippen molar-refractivity contribution in [1.29, 1.82) is 0 Å². The molecule has 0 radical (unpaired) electrons. The number of aromatic nitrogens is 1. The average molecular weight is 315 g/mol. The Kier molecular flexibility index (Phi) is 4.78. The summed E-state index contributed by atoms with van der Waals surface area (Å²) in [6, 6.07) is 1.01. The summed E-state index contributed by atoms with van der Waals surface area (Å²) in [6.07, 6.45) is -3.59. The topological polar surface area (TPSA) is 89.4 Å². The third-order valence-electron chi connectivity index (χ3n) is 2.15. The lowest BCUT2D eigenvalue weighted by Gasteiger charge is -2.07. The van der Waals surface area contributed by atoms with E-state index in [0.717, 1.165) is 12.3 Å². The van der Waals surface area contributed by atoms with Crippen molar-refractivity contribution >= 4 is 15.9 Å². The van der Waals surface area contributed by atoms with Crippen molar-refractivity contribution in [1.82, 2.24) is 14.8 Å². The standard InChI is InChI=1S/C9H12F3N3O4S/c1-13-8(16)7-3-6(4-15(7)2)20(17,18)14-19-5-9(10,11)12/h3-4,14H,5H2,1-2H3,(H,13,16). The number of carbonyl (C=O) groups is 1. The van der Waals surface area contributed by atoms with E-state index >= 15 is 0 Å². The third kappa shape index (κ3) is 4.21. The molecule has 1 aromatic heterocycles. The molecule has 1 rings (SSSR count). The fourth-order valence-corrected chi connectivity index (χ4v) is 2.15. The summed E-state index contributed by atoms with van der Waals surface area (Å²) >= 11 is 0. The summed E-state index contributed by atoms with van der Waals surface area (Å²) < 4.78 is 60.0. The lowest BCUT2D eigenvalue weighted by Crippen LogP contribution is -2.29. The van der Waals surface area contributed by atoms with Gasteiger partial charge in [-0.05, 0) is 6.07 Å². The highest BCUT2D eigenvalue weighted by Gasteiger charge is 2.29. The highest BCUT2D eigenvalue weighted by molar-refractivity contribution is 7.89. The van der Waals surface area contributed by atoms with Gasteiger partial charge in [0, 0.05) is 20.3 Å². The van der Waals surface area contributed by atoms with E-state index in [1.165, 1.54) is 23.5 Å². The molecular weight excluding hydrogens is 303 g/mol. The quantitative estimate of drug-likeness (QED) is 0.757. The van der Waals surface area contributed by atoms with E-state index < -0.39 is 28.7 Å². The number of nitrogens with zero attached hydrogens (tertiary/aromatic N) is 1. The van der Waals surface area contributed by atoms with Crippen LogP contribution in [0.5, 0.6) is 0 Å². The van der Waals surface area contributed by atoms with Crippen molar-refractivity contribution in [3.63, 3.8) is 0 Å². The second-order valence-electron chi connectivity index (χ2n) is 3.74. The number of carbonyl (C=O) groups excluding carboxylic acids is 1. The Morgan fingerprint density at radius 2 is 2.05 bits per heavy atom. The van der Waals surface area contributed by atoms with Crippen LogP contribution in [-0.2, 0) is 21.9 Å². The zero-order valence-electron chi connectivity index (χ0n) is 10.5. The molecule has 11 heteroatoms. The van der Waals surface area contributed by atoms with Crippen LogP contribution in [-0.4, -0.2) is 38.7 Å². The van der Waals surface area contributed by atoms with Gasteiger partial charge in [-0.1, -0.05) is 4.89 Å². The van der Waals surface area contributed by atoms with Gasteiger partial charge in [0.15, 0.2) is 6.61 Å². The Labute approximate surface area is 112 Å². The number of rotatable bonds is 5. The summed E-state index contributed by atoms with van der Waals surface area (Å²) in [5, 5.41) is 2.29. The molecule has 0 saturated heterocycles. The van der Waals surface area contributed by atoms with E-state index in [1.54, 1.807) is 0 Å². The smallest absolute Gasteiger partial charge is 0.354 e. The van der Waals surface area contributed by atoms with Gasteiger partial charge in [0.25, 0.3) is 15.9 Å². The van der Waals surface area contributed by atoms with Crippen molar-refractivity contribution in [3.8, 4) is 0 Å². The van der Waals surface area contributed by atoms with Crippen LogP contribution in [0.4, 0.5) is 13.2 Å². The summed E-state index contributed by atoms with van der Waals surface area (Å²) in [7, 11) is -1.53. The summed E-state index contributed by atoms with van der Waals surface area (Å²) in [6.45, 7) is -1.76. The van der Waals surface area contributed by atoms with E-state index in [4.69, 9.17) is 0 Å². The van der Waals surface area contributed by atoms with Gasteiger partial charge in [-0.2, -0.15) is 13.2 Å². The fourth-order valence-electron chi connectivity index (χ4n) is 1.27. The molecule has 0 saturated carbocycles. The minimum absolute atomic E-state index is 0.0312. The first kappa shape index (κ1) is 16.5. The number of aryl methyl sites for hydroxylation is 1. The number of amides is 1. The Morgan fingerprint density at radius 1 is 1.45 bits per heavy atom. The van der Waals surface area contributed by atoms with Crippen LogP contribution in [0.25, 0.3) is 0 Å². The average Bonchev–Trinajstić information content (AvgIpc) is 2.69. The number of nitrogens with one attached hydrogen (secondary N) is 2. The molecular formula is C9H12F3N3O4S. The minimum Gasteiger partial charge on any atom is -0.354 e. The summed E-state index contributed by atoms with van der Waals surface area (Å²) in [5.74, 6) is -0.537. The van der Waals surface area contributed by atoms with Crippen molar-refractivity contribution in [2.75, 3.05) is 13.7 Å². The molecule has 0 aromatic carbocycles. The van der Waals surface area contributed by atoms with Gasteiger partial charge >= 0.3 is 6.18 Å². The Bertz CT molecular complexity index is 594. The lowest BCUT2D eigenvalue weighted by atomic mass is 10.4. The zero-order valence-corrected chi connectivity index (χ0v) is 11.3. The van der Waals surface area contributed by atoms with E-state index in [9.17, 15) is 26.4 Å². The molecule has 0 aliphatic rings. The van der Waals surface area contributed by atoms with Gasteiger partial charge in [-0.3, -0.25) is 9.63 Å². The van der Waals surface area contributed by atoms with Gasteiger partial charge in [0.1, 0.15) is 10.6 Å². The van der Waals surface area contributed by atoms with Crippen LogP contribution in [0.15, 0.2) is 17.2 Å². The molecule has 0 aliphatic carbocycles. The number of hydrogen-bond acceptors (Lipinski definition) is 4. The fraction of sp³-hybridized carbons (Fsp3) is 0.444. The largest absolute Gasteiger partial charge is 0.413 e. The van der Waals surface area contributed by atoms with E-state index in [1.807, 2.05) is 0 Å². The number of halogens is 3. The molecule has 0 fully saturated rings. The summed E-state index contributed by atoms with van der Waals surface area (Å²) in [4.78, 5) is 16.2. The van der Waals surface area contributed by atoms with Crippen molar-refractivity contribution in [2.45, 2.75) is 11.1 Å². The number of alkyl halides is 3. The predicted molar refractivity (Wildman–Crippen MR) is 61.1 cm³/mol. The van der Waals surface area contributed by atoms with Gasteiger partial charge < -0.3 is 9.88 Å². The van der Waals surface area contributed by atoms with Crippen LogP contribution in [0, 0.1) is 0 Å². The molecule has 20 heavy (non-hydrogen) atoms. The first-order valence-corrected chi connectivity index (χ1v) is 6.64. The second-order valence-corrected chi connectivity index (χ2v) is 5.39. The van der Waals surface area contributed by atoms with Gasteiger partial charge in [0.2, 0.25) is 0 Å². The Balaban J connectivity index is 2.86. The molecule has 7 nitrogen and oxygen atoms in total. The van der Waals surface area contributed by atoms with Crippen molar-refractivity contribution in [2.24, 2.45) is 7.05 Å². The Hall–Kier alpha value is -1.59. The third-order valence-corrected chi connectivity index (χ3v) is 3.34. The maximum Gasteiger partial charge on any atom is 0.413 e. The maximum atomic E-state index is 11.8. The maximum absolute atomic E-state index is 11.8. The van der Waals surface area contributed by atoms with Crippen LogP contribution >= 0.6 is 0 Å².